The van der Waals surface area contributed by atoms with Gasteiger partial charge in [-0.25, -0.2) is 14.4 Å². The van der Waals surface area contributed by atoms with Crippen LogP contribution in [0.1, 0.15) is 47.5 Å². The molecule has 3 N–H and O–H groups in total. The first-order valence-corrected chi connectivity index (χ1v) is 10.9. The first-order valence-electron chi connectivity index (χ1n) is 10.5. The molecule has 2 aromatic heterocycles. The van der Waals surface area contributed by atoms with Crippen molar-refractivity contribution >= 4 is 29.0 Å². The number of hydrogen-bond donors (Lipinski definition) is 3. The van der Waals surface area contributed by atoms with E-state index in [4.69, 9.17) is 16.7 Å². The van der Waals surface area contributed by atoms with E-state index in [9.17, 15) is 9.18 Å². The number of amides is 1. The Bertz CT molecular complexity index is 1120. The van der Waals surface area contributed by atoms with Gasteiger partial charge in [0.15, 0.2) is 5.82 Å². The van der Waals surface area contributed by atoms with Crippen LogP contribution in [0.4, 0.5) is 15.9 Å². The monoisotopic (exact) mass is 455 g/mol. The molecular weight excluding hydrogens is 433 g/mol. The summed E-state index contributed by atoms with van der Waals surface area (Å²) in [5.41, 5.74) is 1.94. The summed E-state index contributed by atoms with van der Waals surface area (Å²) in [4.78, 5) is 25.6. The third kappa shape index (κ3) is 4.87. The van der Waals surface area contributed by atoms with Crippen LogP contribution in [-0.4, -0.2) is 39.1 Å². The average molecular weight is 456 g/mol. The van der Waals surface area contributed by atoms with Crippen LogP contribution in [0.2, 0.25) is 5.02 Å². The SMILES string of the molecule is O=C(NCCO)c1cnccc1Nc1nc(-c2cc(Cl)ccc2F)ncc1C1CCCC1. The predicted molar refractivity (Wildman–Crippen MR) is 121 cm³/mol. The minimum atomic E-state index is -0.470. The van der Waals surface area contributed by atoms with Gasteiger partial charge in [0.1, 0.15) is 11.6 Å². The fourth-order valence-electron chi connectivity index (χ4n) is 3.90. The molecule has 1 fully saturated rings. The van der Waals surface area contributed by atoms with Gasteiger partial charge in [-0.1, -0.05) is 24.4 Å². The quantitative estimate of drug-likeness (QED) is 0.486. The maximum absolute atomic E-state index is 14.5. The maximum Gasteiger partial charge on any atom is 0.255 e. The van der Waals surface area contributed by atoms with E-state index in [-0.39, 0.29) is 36.4 Å². The first kappa shape index (κ1) is 22.1. The van der Waals surface area contributed by atoms with Crippen LogP contribution in [0.25, 0.3) is 11.4 Å². The number of anilines is 2. The molecule has 0 spiro atoms. The molecular formula is C23H23ClFN5O2. The van der Waals surface area contributed by atoms with Gasteiger partial charge in [0.2, 0.25) is 0 Å². The summed E-state index contributed by atoms with van der Waals surface area (Å²) in [6.07, 6.45) is 9.03. The lowest BCUT2D eigenvalue weighted by molar-refractivity contribution is 0.0945. The largest absolute Gasteiger partial charge is 0.395 e. The van der Waals surface area contributed by atoms with Crippen LogP contribution >= 0.6 is 11.6 Å². The Balaban J connectivity index is 1.75. The second kappa shape index (κ2) is 10.0. The lowest BCUT2D eigenvalue weighted by Crippen LogP contribution is -2.27. The molecule has 3 aromatic rings. The molecule has 0 radical (unpaired) electrons. The number of aliphatic hydroxyl groups is 1. The van der Waals surface area contributed by atoms with Gasteiger partial charge in [-0.15, -0.1) is 0 Å². The summed E-state index contributed by atoms with van der Waals surface area (Å²) in [5, 5.41) is 15.3. The summed E-state index contributed by atoms with van der Waals surface area (Å²) >= 11 is 6.06. The molecule has 0 saturated heterocycles. The molecule has 7 nitrogen and oxygen atoms in total. The fraction of sp³-hybridized carbons (Fsp3) is 0.304. The van der Waals surface area contributed by atoms with E-state index in [1.165, 1.54) is 24.4 Å². The Morgan fingerprint density at radius 1 is 1.22 bits per heavy atom. The van der Waals surface area contributed by atoms with Gasteiger partial charge in [0, 0.05) is 35.7 Å². The Kier molecular flexibility index (Phi) is 6.92. The average Bonchev–Trinajstić information content (AvgIpc) is 3.34. The second-order valence-electron chi connectivity index (χ2n) is 7.63. The van der Waals surface area contributed by atoms with E-state index in [1.807, 2.05) is 0 Å². The molecule has 0 bridgehead atoms. The van der Waals surface area contributed by atoms with Crippen molar-refractivity contribution in [3.63, 3.8) is 0 Å². The zero-order chi connectivity index (χ0) is 22.5. The van der Waals surface area contributed by atoms with E-state index in [1.54, 1.807) is 18.5 Å². The number of aromatic nitrogens is 3. The Morgan fingerprint density at radius 2 is 2.03 bits per heavy atom. The molecule has 32 heavy (non-hydrogen) atoms. The number of rotatable bonds is 7. The van der Waals surface area contributed by atoms with Crippen molar-refractivity contribution in [3.05, 3.63) is 64.8 Å². The summed E-state index contributed by atoms with van der Waals surface area (Å²) in [6.45, 7) is -0.0345. The van der Waals surface area contributed by atoms with Crippen molar-refractivity contribution in [2.45, 2.75) is 31.6 Å². The number of pyridine rings is 1. The zero-order valence-electron chi connectivity index (χ0n) is 17.3. The van der Waals surface area contributed by atoms with Gasteiger partial charge < -0.3 is 15.7 Å². The first-order chi connectivity index (χ1) is 15.6. The number of nitrogens with zero attached hydrogens (tertiary/aromatic N) is 3. The van der Waals surface area contributed by atoms with Gasteiger partial charge in [-0.3, -0.25) is 9.78 Å². The second-order valence-corrected chi connectivity index (χ2v) is 8.07. The number of halogens is 2. The van der Waals surface area contributed by atoms with E-state index >= 15 is 0 Å². The smallest absolute Gasteiger partial charge is 0.255 e. The minimum absolute atomic E-state index is 0.131. The number of benzene rings is 1. The van der Waals surface area contributed by atoms with E-state index in [0.29, 0.717) is 22.1 Å². The Morgan fingerprint density at radius 3 is 2.81 bits per heavy atom. The molecule has 0 atom stereocenters. The normalized spacial score (nSPS) is 13.8. The Hall–Kier alpha value is -3.10. The van der Waals surface area contributed by atoms with E-state index < -0.39 is 5.82 Å². The van der Waals surface area contributed by atoms with Crippen LogP contribution in [0.15, 0.2) is 42.9 Å². The summed E-state index contributed by atoms with van der Waals surface area (Å²) in [5.74, 6) is 0.164. The van der Waals surface area contributed by atoms with Gasteiger partial charge in [-0.2, -0.15) is 0 Å². The fourth-order valence-corrected chi connectivity index (χ4v) is 4.07. The molecule has 0 aliphatic heterocycles. The minimum Gasteiger partial charge on any atom is -0.395 e. The molecule has 0 unspecified atom stereocenters. The van der Waals surface area contributed by atoms with Gasteiger partial charge in [-0.05, 0) is 43.0 Å². The van der Waals surface area contributed by atoms with Crippen molar-refractivity contribution in [3.8, 4) is 11.4 Å². The van der Waals surface area contributed by atoms with Gasteiger partial charge in [0.05, 0.1) is 23.4 Å². The van der Waals surface area contributed by atoms with Crippen molar-refractivity contribution in [1.82, 2.24) is 20.3 Å². The van der Waals surface area contributed by atoms with Gasteiger partial charge in [0.25, 0.3) is 5.91 Å². The van der Waals surface area contributed by atoms with Crippen LogP contribution in [-0.2, 0) is 0 Å². The molecule has 1 saturated carbocycles. The highest BCUT2D eigenvalue weighted by molar-refractivity contribution is 6.30. The third-order valence-corrected chi connectivity index (χ3v) is 5.73. The van der Waals surface area contributed by atoms with Crippen LogP contribution in [0, 0.1) is 5.82 Å². The Labute approximate surface area is 190 Å². The van der Waals surface area contributed by atoms with Crippen LogP contribution < -0.4 is 10.6 Å². The number of hydrogen-bond acceptors (Lipinski definition) is 6. The maximum atomic E-state index is 14.5. The van der Waals surface area contributed by atoms with Crippen LogP contribution in [0.3, 0.4) is 0 Å². The van der Waals surface area contributed by atoms with Gasteiger partial charge >= 0.3 is 0 Å². The standard InChI is InChI=1S/C23H23ClFN5O2/c24-15-5-6-19(25)16(11-15)21-28-13-17(14-3-1-2-4-14)22(30-21)29-20-7-8-26-12-18(20)23(32)27-9-10-31/h5-8,11-14,31H,1-4,9-10H2,(H,27,32)(H,26,28,29,30). The molecule has 1 aliphatic rings. The molecule has 1 aliphatic carbocycles. The van der Waals surface area contributed by atoms with Crippen molar-refractivity contribution < 1.29 is 14.3 Å². The molecule has 9 heteroatoms. The molecule has 1 amide bonds. The highest BCUT2D eigenvalue weighted by atomic mass is 35.5. The third-order valence-electron chi connectivity index (χ3n) is 5.50. The molecule has 4 rings (SSSR count). The van der Waals surface area contributed by atoms with Crippen molar-refractivity contribution in [1.29, 1.82) is 0 Å². The molecule has 2 heterocycles. The van der Waals surface area contributed by atoms with E-state index in [0.717, 1.165) is 31.2 Å². The molecule has 1 aromatic carbocycles. The number of carbonyl (C=O) groups is 1. The van der Waals surface area contributed by atoms with Crippen molar-refractivity contribution in [2.75, 3.05) is 18.5 Å². The zero-order valence-corrected chi connectivity index (χ0v) is 18.1. The summed E-state index contributed by atoms with van der Waals surface area (Å²) in [7, 11) is 0. The topological polar surface area (TPSA) is 100 Å². The van der Waals surface area contributed by atoms with Crippen LogP contribution in [0.5, 0.6) is 0 Å². The number of aliphatic hydroxyl groups excluding tert-OH is 1. The number of nitrogens with one attached hydrogen (secondary N) is 2. The van der Waals surface area contributed by atoms with Crippen molar-refractivity contribution in [2.24, 2.45) is 0 Å². The summed E-state index contributed by atoms with van der Waals surface area (Å²) in [6, 6.07) is 5.92. The number of carbonyl (C=O) groups excluding carboxylic acids is 1. The molecule has 166 valence electrons. The lowest BCUT2D eigenvalue weighted by atomic mass is 9.99. The predicted octanol–water partition coefficient (Wildman–Crippen LogP) is 4.45. The summed E-state index contributed by atoms with van der Waals surface area (Å²) < 4.78 is 14.5. The lowest BCUT2D eigenvalue weighted by Gasteiger charge is -2.18. The van der Waals surface area contributed by atoms with E-state index in [2.05, 4.69) is 25.6 Å². The highest BCUT2D eigenvalue weighted by Crippen LogP contribution is 2.38. The highest BCUT2D eigenvalue weighted by Gasteiger charge is 2.24.